The van der Waals surface area contributed by atoms with E-state index in [4.69, 9.17) is 4.74 Å². The third-order valence-corrected chi connectivity index (χ3v) is 9.39. The van der Waals surface area contributed by atoms with E-state index < -0.39 is 32.0 Å². The predicted octanol–water partition coefficient (Wildman–Crippen LogP) is 4.45. The zero-order valence-electron chi connectivity index (χ0n) is 21.3. The summed E-state index contributed by atoms with van der Waals surface area (Å²) in [6.45, 7) is 2.48. The van der Waals surface area contributed by atoms with Gasteiger partial charge in [-0.1, -0.05) is 24.6 Å². The zero-order chi connectivity index (χ0) is 27.3. The Hall–Kier alpha value is -3.41. The van der Waals surface area contributed by atoms with E-state index in [1.807, 2.05) is 18.2 Å². The van der Waals surface area contributed by atoms with Crippen LogP contribution in [0.5, 0.6) is 11.5 Å². The molecule has 1 aliphatic heterocycles. The molecule has 0 saturated carbocycles. The van der Waals surface area contributed by atoms with Crippen LogP contribution in [0, 0.1) is 0 Å². The molecule has 202 valence electrons. The Morgan fingerprint density at radius 1 is 0.842 bits per heavy atom. The minimum absolute atomic E-state index is 0.154. The predicted molar refractivity (Wildman–Crippen MR) is 147 cm³/mol. The summed E-state index contributed by atoms with van der Waals surface area (Å²) >= 11 is 0. The first-order chi connectivity index (χ1) is 18.1. The molecule has 38 heavy (non-hydrogen) atoms. The number of hydrogen-bond donors (Lipinski definition) is 1. The van der Waals surface area contributed by atoms with Crippen LogP contribution in [-0.4, -0.2) is 52.4 Å². The molecule has 1 fully saturated rings. The highest BCUT2D eigenvalue weighted by molar-refractivity contribution is 7.92. The van der Waals surface area contributed by atoms with Crippen LogP contribution < -0.4 is 14.4 Å². The molecule has 0 aliphatic carbocycles. The number of benzene rings is 3. The summed E-state index contributed by atoms with van der Waals surface area (Å²) in [5.41, 5.74) is 0.665. The van der Waals surface area contributed by atoms with Crippen molar-refractivity contribution in [3.8, 4) is 11.5 Å². The van der Waals surface area contributed by atoms with Crippen LogP contribution in [0.25, 0.3) is 0 Å². The summed E-state index contributed by atoms with van der Waals surface area (Å²) in [5, 5.41) is 2.69. The minimum Gasteiger partial charge on any atom is -0.457 e. The number of hydrogen-bond acceptors (Lipinski definition) is 6. The van der Waals surface area contributed by atoms with Crippen molar-refractivity contribution in [3.63, 3.8) is 0 Å². The lowest BCUT2D eigenvalue weighted by molar-refractivity contribution is -0.116. The van der Waals surface area contributed by atoms with Gasteiger partial charge in [0.25, 0.3) is 0 Å². The number of carbonyl (C=O) groups excluding carboxylic acids is 1. The molecule has 1 N–H and O–H groups in total. The maximum Gasteiger partial charge on any atom is 0.247 e. The first kappa shape index (κ1) is 27.6. The van der Waals surface area contributed by atoms with Crippen molar-refractivity contribution in [1.82, 2.24) is 4.31 Å². The third-order valence-electron chi connectivity index (χ3n) is 6.23. The lowest BCUT2D eigenvalue weighted by Crippen LogP contribution is -2.45. The fourth-order valence-electron chi connectivity index (χ4n) is 4.31. The molecule has 1 atom stereocenters. The summed E-state index contributed by atoms with van der Waals surface area (Å²) in [6.07, 6.45) is 3.73. The average Bonchev–Trinajstić information content (AvgIpc) is 2.90. The van der Waals surface area contributed by atoms with Gasteiger partial charge in [0.2, 0.25) is 26.0 Å². The van der Waals surface area contributed by atoms with Gasteiger partial charge in [-0.25, -0.2) is 16.8 Å². The maximum atomic E-state index is 13.0. The van der Waals surface area contributed by atoms with Gasteiger partial charge in [-0.3, -0.25) is 9.10 Å². The standard InChI is InChI=1S/C27H31N3O6S2/c1-21(27(31)28-22-11-17-26(18-12-22)38(34,35)29-19-7-4-8-20-29)30(37(2,32)33)23-13-15-25(16-14-23)36-24-9-5-3-6-10-24/h3,5-6,9-18,21H,4,7-8,19-20H2,1-2H3,(H,28,31)/t21-/m0/s1. The van der Waals surface area contributed by atoms with Crippen molar-refractivity contribution in [3.05, 3.63) is 78.9 Å². The first-order valence-electron chi connectivity index (χ1n) is 12.3. The van der Waals surface area contributed by atoms with Crippen LogP contribution in [-0.2, 0) is 24.8 Å². The number of rotatable bonds is 9. The number of nitrogens with zero attached hydrogens (tertiary/aromatic N) is 2. The van der Waals surface area contributed by atoms with Crippen molar-refractivity contribution in [2.75, 3.05) is 29.0 Å². The minimum atomic E-state index is -3.82. The molecule has 1 saturated heterocycles. The van der Waals surface area contributed by atoms with Crippen molar-refractivity contribution in [2.24, 2.45) is 0 Å². The van der Waals surface area contributed by atoms with Crippen molar-refractivity contribution >= 4 is 37.3 Å². The number of sulfonamides is 2. The van der Waals surface area contributed by atoms with Gasteiger partial charge >= 0.3 is 0 Å². The average molecular weight is 558 g/mol. The number of amides is 1. The smallest absolute Gasteiger partial charge is 0.247 e. The third kappa shape index (κ3) is 6.53. The van der Waals surface area contributed by atoms with Gasteiger partial charge in [0.1, 0.15) is 17.5 Å². The molecule has 0 bridgehead atoms. The van der Waals surface area contributed by atoms with Crippen molar-refractivity contribution < 1.29 is 26.4 Å². The van der Waals surface area contributed by atoms with E-state index in [1.165, 1.54) is 35.5 Å². The molecular weight excluding hydrogens is 526 g/mol. The summed E-state index contributed by atoms with van der Waals surface area (Å²) in [4.78, 5) is 13.2. The number of carbonyl (C=O) groups is 1. The lowest BCUT2D eigenvalue weighted by atomic mass is 10.2. The Bertz CT molecular complexity index is 1450. The molecule has 3 aromatic carbocycles. The molecule has 0 aromatic heterocycles. The number of anilines is 2. The molecule has 0 radical (unpaired) electrons. The Kier molecular flexibility index (Phi) is 8.39. The fourth-order valence-corrected chi connectivity index (χ4v) is 7.00. The van der Waals surface area contributed by atoms with Crippen LogP contribution in [0.3, 0.4) is 0 Å². The summed E-state index contributed by atoms with van der Waals surface area (Å²) in [5.74, 6) is 0.597. The van der Waals surface area contributed by atoms with E-state index in [1.54, 1.807) is 36.4 Å². The van der Waals surface area contributed by atoms with Gasteiger partial charge < -0.3 is 10.1 Å². The Labute approximate surface area is 224 Å². The van der Waals surface area contributed by atoms with Gasteiger partial charge in [-0.2, -0.15) is 4.31 Å². The SMILES string of the molecule is C[C@@H](C(=O)Nc1ccc(S(=O)(=O)N2CCCCC2)cc1)N(c1ccc(Oc2ccccc2)cc1)S(C)(=O)=O. The monoisotopic (exact) mass is 557 g/mol. The van der Waals surface area contributed by atoms with E-state index in [9.17, 15) is 21.6 Å². The second kappa shape index (κ2) is 11.5. The lowest BCUT2D eigenvalue weighted by Gasteiger charge is -2.28. The molecule has 9 nitrogen and oxygen atoms in total. The highest BCUT2D eigenvalue weighted by Gasteiger charge is 2.30. The van der Waals surface area contributed by atoms with Crippen LogP contribution in [0.4, 0.5) is 11.4 Å². The number of piperidine rings is 1. The Morgan fingerprint density at radius 2 is 1.42 bits per heavy atom. The maximum absolute atomic E-state index is 13.0. The molecular formula is C27H31N3O6S2. The summed E-state index contributed by atoms with van der Waals surface area (Å²) in [7, 11) is -7.41. The van der Waals surface area contributed by atoms with E-state index in [0.717, 1.165) is 29.8 Å². The van der Waals surface area contributed by atoms with Crippen molar-refractivity contribution in [2.45, 2.75) is 37.1 Å². The van der Waals surface area contributed by atoms with Gasteiger partial charge in [0.15, 0.2) is 0 Å². The van der Waals surface area contributed by atoms with Crippen LogP contribution in [0.1, 0.15) is 26.2 Å². The second-order valence-corrected chi connectivity index (χ2v) is 12.9. The van der Waals surface area contributed by atoms with E-state index in [2.05, 4.69) is 5.32 Å². The quantitative estimate of drug-likeness (QED) is 0.416. The Morgan fingerprint density at radius 3 is 2.00 bits per heavy atom. The molecule has 1 amide bonds. The number of para-hydroxylation sites is 1. The van der Waals surface area contributed by atoms with Crippen LogP contribution in [0.2, 0.25) is 0 Å². The van der Waals surface area contributed by atoms with Gasteiger partial charge in [0.05, 0.1) is 16.8 Å². The summed E-state index contributed by atoms with van der Waals surface area (Å²) in [6, 6.07) is 20.4. The highest BCUT2D eigenvalue weighted by Crippen LogP contribution is 2.28. The number of nitrogens with one attached hydrogen (secondary N) is 1. The van der Waals surface area contributed by atoms with Gasteiger partial charge in [0, 0.05) is 18.8 Å². The molecule has 11 heteroatoms. The van der Waals surface area contributed by atoms with E-state index in [-0.39, 0.29) is 4.90 Å². The van der Waals surface area contributed by atoms with Gasteiger partial charge in [-0.05, 0) is 80.4 Å². The van der Waals surface area contributed by atoms with Crippen LogP contribution >= 0.6 is 0 Å². The molecule has 4 rings (SSSR count). The largest absolute Gasteiger partial charge is 0.457 e. The highest BCUT2D eigenvalue weighted by atomic mass is 32.2. The zero-order valence-corrected chi connectivity index (χ0v) is 22.9. The topological polar surface area (TPSA) is 113 Å². The molecule has 1 heterocycles. The second-order valence-electron chi connectivity index (χ2n) is 9.12. The van der Waals surface area contributed by atoms with E-state index in [0.29, 0.717) is 36.0 Å². The Balaban J connectivity index is 1.46. The fraction of sp³-hybridized carbons (Fsp3) is 0.296. The summed E-state index contributed by atoms with van der Waals surface area (Å²) < 4.78 is 59.3. The molecule has 0 unspecified atom stereocenters. The van der Waals surface area contributed by atoms with E-state index >= 15 is 0 Å². The molecule has 0 spiro atoms. The first-order valence-corrected chi connectivity index (χ1v) is 15.6. The van der Waals surface area contributed by atoms with Crippen LogP contribution in [0.15, 0.2) is 83.8 Å². The molecule has 1 aliphatic rings. The number of ether oxygens (including phenoxy) is 1. The normalized spacial score (nSPS) is 15.4. The van der Waals surface area contributed by atoms with Gasteiger partial charge in [-0.15, -0.1) is 0 Å². The molecule has 3 aromatic rings. The van der Waals surface area contributed by atoms with Crippen molar-refractivity contribution in [1.29, 1.82) is 0 Å².